The molecular formula is C66H120N6O14. The van der Waals surface area contributed by atoms with E-state index in [2.05, 4.69) is 40.8 Å². The van der Waals surface area contributed by atoms with Crippen molar-refractivity contribution in [1.29, 1.82) is 0 Å². The zero-order valence-corrected chi connectivity index (χ0v) is 54.3. The van der Waals surface area contributed by atoms with E-state index in [4.69, 9.17) is 39.4 Å². The van der Waals surface area contributed by atoms with Crippen molar-refractivity contribution >= 4 is 23.9 Å². The summed E-state index contributed by atoms with van der Waals surface area (Å²) in [4.78, 5) is 59.5. The van der Waals surface area contributed by atoms with Crippen molar-refractivity contribution in [3.63, 3.8) is 0 Å². The van der Waals surface area contributed by atoms with Crippen LogP contribution in [0.1, 0.15) is 145 Å². The average molecular weight is 1220 g/mol. The van der Waals surface area contributed by atoms with Crippen LogP contribution in [-0.2, 0) is 38.1 Å². The van der Waals surface area contributed by atoms with Gasteiger partial charge < -0.3 is 65.1 Å². The van der Waals surface area contributed by atoms with Crippen molar-refractivity contribution in [2.45, 2.75) is 168 Å². The van der Waals surface area contributed by atoms with Crippen LogP contribution in [0.3, 0.4) is 0 Å². The Balaban J connectivity index is 4.99. The van der Waals surface area contributed by atoms with Gasteiger partial charge in [0.1, 0.15) is 22.9 Å². The molecule has 0 aromatic heterocycles. The Hall–Kier alpha value is -4.16. The standard InChI is InChI=1S/C66H120N6O14/c1-10-58(26-18-33-65(6,7)85-62(81)29-38-68-36-21-40-71(47-53-75)48-54-76)24-15-12-14-23-57(3)83-60(79)30-43-69(41-22-42-72(49-55-77)50-56-78)44-31-63(82)86-66(8,9)34-19-27-59(11-2)25-16-13-17-32-64(4,5)84-61(80)28-37-67-35-20-39-70(45-51-73)46-52-74/h10-14,17-19,33-34,57-59,67-68,73-78H,1-2,15-16,20-32,35-56H2,3-9H3/b14-12+,17-13+,33-18-,34-19-. The smallest absolute Gasteiger partial charge is 0.307 e. The highest BCUT2D eigenvalue weighted by atomic mass is 16.6. The molecule has 498 valence electrons. The minimum absolute atomic E-state index is 0.0225. The maximum Gasteiger partial charge on any atom is 0.307 e. The predicted octanol–water partition coefficient (Wildman–Crippen LogP) is 5.91. The Morgan fingerprint density at radius 2 is 0.814 bits per heavy atom. The lowest BCUT2D eigenvalue weighted by Crippen LogP contribution is -2.36. The molecule has 0 radical (unpaired) electrons. The van der Waals surface area contributed by atoms with Gasteiger partial charge >= 0.3 is 23.9 Å². The molecule has 0 saturated carbocycles. The van der Waals surface area contributed by atoms with E-state index in [1.807, 2.05) is 112 Å². The van der Waals surface area contributed by atoms with Crippen LogP contribution < -0.4 is 10.6 Å². The second-order valence-corrected chi connectivity index (χ2v) is 23.8. The number of aliphatic hydroxyl groups is 6. The molecule has 0 saturated heterocycles. The Morgan fingerprint density at radius 1 is 0.442 bits per heavy atom. The summed E-state index contributed by atoms with van der Waals surface area (Å²) in [7, 11) is 0. The second kappa shape index (κ2) is 51.7. The number of rotatable bonds is 58. The number of esters is 4. The Kier molecular flexibility index (Phi) is 49.2. The first-order valence-electron chi connectivity index (χ1n) is 31.8. The molecule has 0 amide bonds. The highest BCUT2D eigenvalue weighted by Crippen LogP contribution is 2.21. The van der Waals surface area contributed by atoms with E-state index in [1.54, 1.807) is 0 Å². The highest BCUT2D eigenvalue weighted by molar-refractivity contribution is 5.71. The summed E-state index contributed by atoms with van der Waals surface area (Å²) in [6, 6.07) is 0. The third-order valence-corrected chi connectivity index (χ3v) is 14.3. The number of carbonyl (C=O) groups is 4. The molecular weight excluding hydrogens is 1100 g/mol. The average Bonchev–Trinajstić information content (AvgIpc) is 3.59. The predicted molar refractivity (Wildman–Crippen MR) is 343 cm³/mol. The van der Waals surface area contributed by atoms with Crippen LogP contribution in [0.2, 0.25) is 0 Å². The van der Waals surface area contributed by atoms with E-state index < -0.39 is 16.8 Å². The topological polar surface area (TPSA) is 264 Å². The Bertz CT molecular complexity index is 1880. The van der Waals surface area contributed by atoms with Crippen molar-refractivity contribution in [3.05, 3.63) is 73.9 Å². The lowest BCUT2D eigenvalue weighted by Gasteiger charge is -2.26. The number of nitrogens with one attached hydrogen (secondary N) is 2. The quantitative estimate of drug-likeness (QED) is 0.0152. The van der Waals surface area contributed by atoms with Crippen molar-refractivity contribution < 1.29 is 68.8 Å². The number of hydrogen-bond acceptors (Lipinski definition) is 20. The van der Waals surface area contributed by atoms with Gasteiger partial charge in [-0.1, -0.05) is 48.6 Å². The van der Waals surface area contributed by atoms with Gasteiger partial charge in [0.25, 0.3) is 0 Å². The molecule has 0 spiro atoms. The van der Waals surface area contributed by atoms with Crippen molar-refractivity contribution in [2.24, 2.45) is 11.8 Å². The monoisotopic (exact) mass is 1220 g/mol. The molecule has 3 unspecified atom stereocenters. The third kappa shape index (κ3) is 47.8. The fourth-order valence-corrected chi connectivity index (χ4v) is 9.41. The summed E-state index contributed by atoms with van der Waals surface area (Å²) in [5.41, 5.74) is -2.25. The molecule has 0 bridgehead atoms. The van der Waals surface area contributed by atoms with Crippen LogP contribution in [0.25, 0.3) is 0 Å². The molecule has 0 aromatic carbocycles. The Labute approximate surface area is 518 Å². The largest absolute Gasteiger partial charge is 0.462 e. The van der Waals surface area contributed by atoms with E-state index in [0.717, 1.165) is 77.5 Å². The number of nitrogens with zero attached hydrogens (tertiary/aromatic N) is 4. The molecule has 20 nitrogen and oxygen atoms in total. The fourth-order valence-electron chi connectivity index (χ4n) is 9.41. The van der Waals surface area contributed by atoms with Crippen molar-refractivity contribution in [1.82, 2.24) is 30.2 Å². The summed E-state index contributed by atoms with van der Waals surface area (Å²) in [6.07, 6.45) is 28.9. The summed E-state index contributed by atoms with van der Waals surface area (Å²) < 4.78 is 23.2. The molecule has 0 rings (SSSR count). The van der Waals surface area contributed by atoms with Gasteiger partial charge in [-0.05, 0) is 170 Å². The van der Waals surface area contributed by atoms with Crippen LogP contribution >= 0.6 is 0 Å². The molecule has 0 aliphatic rings. The van der Waals surface area contributed by atoms with Gasteiger partial charge in [-0.2, -0.15) is 0 Å². The number of hydrogen-bond donors (Lipinski definition) is 8. The first-order chi connectivity index (χ1) is 41.1. The summed E-state index contributed by atoms with van der Waals surface area (Å²) in [5.74, 6) is -0.785. The normalized spacial score (nSPS) is 13.7. The number of ether oxygens (including phenoxy) is 4. The van der Waals surface area contributed by atoms with E-state index >= 15 is 0 Å². The SMILES string of the molecule is C=CC(C/C=C\C(C)(C)OC(=O)CCNCCCN(CCO)CCO)CC/C=C/CC(C)OC(=O)CCN(CCCN(CCO)CCO)CCC(=O)OC(C)(C)/C=C\CC(C=C)CC/C=C/CC(C)(C)OC(=O)CCNCCCN(CCO)CCO. The molecule has 0 heterocycles. The van der Waals surface area contributed by atoms with Gasteiger partial charge in [0.05, 0.1) is 65.3 Å². The summed E-state index contributed by atoms with van der Waals surface area (Å²) in [5, 5.41) is 62.2. The molecule has 0 fully saturated rings. The first kappa shape index (κ1) is 81.8. The van der Waals surface area contributed by atoms with Gasteiger partial charge in [0.2, 0.25) is 0 Å². The van der Waals surface area contributed by atoms with Gasteiger partial charge in [-0.3, -0.25) is 33.9 Å². The van der Waals surface area contributed by atoms with E-state index in [0.29, 0.717) is 97.8 Å². The fraction of sp³-hybridized carbons (Fsp3) is 0.758. The van der Waals surface area contributed by atoms with Crippen molar-refractivity contribution in [3.8, 4) is 0 Å². The lowest BCUT2D eigenvalue weighted by atomic mass is 9.97. The zero-order chi connectivity index (χ0) is 64.3. The summed E-state index contributed by atoms with van der Waals surface area (Å²) in [6.45, 7) is 30.3. The van der Waals surface area contributed by atoms with E-state index in [1.165, 1.54) is 0 Å². The van der Waals surface area contributed by atoms with Crippen LogP contribution in [0.5, 0.6) is 0 Å². The number of carbonyl (C=O) groups excluding carboxylic acids is 4. The number of allylic oxidation sites excluding steroid dienone is 6. The third-order valence-electron chi connectivity index (χ3n) is 14.3. The van der Waals surface area contributed by atoms with E-state index in [-0.39, 0.29) is 107 Å². The van der Waals surface area contributed by atoms with Crippen molar-refractivity contribution in [2.75, 3.05) is 144 Å². The van der Waals surface area contributed by atoms with Gasteiger partial charge in [-0.15, -0.1) is 13.2 Å². The minimum atomic E-state index is -0.851. The van der Waals surface area contributed by atoms with Gasteiger partial charge in [0, 0.05) is 78.3 Å². The molecule has 20 heteroatoms. The molecule has 86 heavy (non-hydrogen) atoms. The maximum atomic E-state index is 13.3. The molecule has 0 aliphatic heterocycles. The van der Waals surface area contributed by atoms with Crippen LogP contribution in [-0.4, -0.2) is 241 Å². The summed E-state index contributed by atoms with van der Waals surface area (Å²) >= 11 is 0. The highest BCUT2D eigenvalue weighted by Gasteiger charge is 2.24. The van der Waals surface area contributed by atoms with Gasteiger partial charge in [-0.25, -0.2) is 0 Å². The van der Waals surface area contributed by atoms with Gasteiger partial charge in [0.15, 0.2) is 0 Å². The zero-order valence-electron chi connectivity index (χ0n) is 54.3. The number of aliphatic hydroxyl groups excluding tert-OH is 6. The second-order valence-electron chi connectivity index (χ2n) is 23.8. The van der Waals surface area contributed by atoms with Crippen LogP contribution in [0.4, 0.5) is 0 Å². The van der Waals surface area contributed by atoms with Crippen LogP contribution in [0.15, 0.2) is 73.9 Å². The Morgan fingerprint density at radius 3 is 1.23 bits per heavy atom. The minimum Gasteiger partial charge on any atom is -0.462 e. The molecule has 0 aromatic rings. The molecule has 0 aliphatic carbocycles. The molecule has 8 N–H and O–H groups in total. The lowest BCUT2D eigenvalue weighted by molar-refractivity contribution is -0.156. The van der Waals surface area contributed by atoms with Crippen LogP contribution in [0, 0.1) is 11.8 Å². The molecule has 3 atom stereocenters. The maximum absolute atomic E-state index is 13.3. The first-order valence-corrected chi connectivity index (χ1v) is 31.8. The van der Waals surface area contributed by atoms with E-state index in [9.17, 15) is 29.4 Å².